The van der Waals surface area contributed by atoms with Crippen LogP contribution in [0.5, 0.6) is 0 Å². The molecule has 0 aliphatic carbocycles. The normalized spacial score (nSPS) is 17.6. The lowest BCUT2D eigenvalue weighted by atomic mass is 10.0. The van der Waals surface area contributed by atoms with E-state index < -0.39 is 0 Å². The maximum Gasteiger partial charge on any atom is 0.144 e. The second-order valence-corrected chi connectivity index (χ2v) is 7.07. The van der Waals surface area contributed by atoms with Crippen molar-refractivity contribution in [3.63, 3.8) is 0 Å². The van der Waals surface area contributed by atoms with E-state index in [1.165, 1.54) is 6.42 Å². The van der Waals surface area contributed by atoms with Crippen molar-refractivity contribution in [1.29, 1.82) is 0 Å². The maximum atomic E-state index is 15.1. The van der Waals surface area contributed by atoms with E-state index in [1.54, 1.807) is 24.5 Å². The molecule has 1 saturated heterocycles. The first-order valence-corrected chi connectivity index (χ1v) is 9.32. The zero-order valence-corrected chi connectivity index (χ0v) is 15.4. The molecule has 1 aromatic heterocycles. The number of rotatable bonds is 4. The standard InChI is InChI=1S/C22H23FN4/c1-27-12-6-9-17(15-27)26-21-14-24-20(13-25-21)19-11-5-10-18(22(19)23)16-7-3-2-4-8-16/h2-5,7-8,10-11,13-14,17H,6,9,12,15H2,1H3,(H,25,26)/t17-/m0/s1. The SMILES string of the molecule is CN1CCC[C@H](Nc2cnc(-c3cccc(-c4ccccc4)c3F)cn2)C1. The molecular weight excluding hydrogens is 339 g/mol. The zero-order valence-electron chi connectivity index (χ0n) is 15.4. The minimum atomic E-state index is -0.271. The van der Waals surface area contributed by atoms with Gasteiger partial charge in [-0.1, -0.05) is 42.5 Å². The summed E-state index contributed by atoms with van der Waals surface area (Å²) >= 11 is 0. The lowest BCUT2D eigenvalue weighted by Crippen LogP contribution is -2.39. The molecule has 1 atom stereocenters. The third-order valence-electron chi connectivity index (χ3n) is 4.99. The molecule has 0 spiro atoms. The second-order valence-electron chi connectivity index (χ2n) is 7.07. The number of likely N-dealkylation sites (tertiary alicyclic amines) is 1. The van der Waals surface area contributed by atoms with E-state index in [1.807, 2.05) is 36.4 Å². The number of aromatic nitrogens is 2. The molecule has 1 aliphatic heterocycles. The molecule has 4 nitrogen and oxygen atoms in total. The minimum absolute atomic E-state index is 0.271. The highest BCUT2D eigenvalue weighted by Gasteiger charge is 2.18. The highest BCUT2D eigenvalue weighted by atomic mass is 19.1. The average Bonchev–Trinajstić information content (AvgIpc) is 2.70. The molecule has 1 aliphatic rings. The molecule has 5 heteroatoms. The predicted octanol–water partition coefficient (Wildman–Crippen LogP) is 4.46. The van der Waals surface area contributed by atoms with Gasteiger partial charge in [0.25, 0.3) is 0 Å². The van der Waals surface area contributed by atoms with Gasteiger partial charge in [-0.3, -0.25) is 4.98 Å². The van der Waals surface area contributed by atoms with E-state index in [0.29, 0.717) is 22.9 Å². The minimum Gasteiger partial charge on any atom is -0.365 e. The number of halogens is 1. The average molecular weight is 362 g/mol. The summed E-state index contributed by atoms with van der Waals surface area (Å²) < 4.78 is 15.1. The third kappa shape index (κ3) is 3.98. The number of likely N-dealkylation sites (N-methyl/N-ethyl adjacent to an activating group) is 1. The van der Waals surface area contributed by atoms with Crippen molar-refractivity contribution in [2.45, 2.75) is 18.9 Å². The van der Waals surface area contributed by atoms with Crippen LogP contribution in [0.4, 0.5) is 10.2 Å². The Bertz CT molecular complexity index is 896. The van der Waals surface area contributed by atoms with Gasteiger partial charge >= 0.3 is 0 Å². The van der Waals surface area contributed by atoms with Crippen molar-refractivity contribution in [3.8, 4) is 22.4 Å². The molecular formula is C22H23FN4. The fraction of sp³-hybridized carbons (Fsp3) is 0.273. The van der Waals surface area contributed by atoms with Crippen LogP contribution in [0.3, 0.4) is 0 Å². The van der Waals surface area contributed by atoms with Gasteiger partial charge in [-0.15, -0.1) is 0 Å². The van der Waals surface area contributed by atoms with Gasteiger partial charge in [0, 0.05) is 23.7 Å². The Labute approximate surface area is 159 Å². The molecule has 4 rings (SSSR count). The van der Waals surface area contributed by atoms with Crippen LogP contribution in [0.2, 0.25) is 0 Å². The van der Waals surface area contributed by atoms with E-state index in [9.17, 15) is 0 Å². The van der Waals surface area contributed by atoms with Crippen molar-refractivity contribution in [3.05, 3.63) is 66.7 Å². The smallest absolute Gasteiger partial charge is 0.144 e. The highest BCUT2D eigenvalue weighted by molar-refractivity contribution is 5.72. The molecule has 0 unspecified atom stereocenters. The van der Waals surface area contributed by atoms with Crippen LogP contribution in [-0.4, -0.2) is 41.0 Å². The van der Waals surface area contributed by atoms with Crippen molar-refractivity contribution < 1.29 is 4.39 Å². The molecule has 1 N–H and O–H groups in total. The number of anilines is 1. The zero-order chi connectivity index (χ0) is 18.6. The van der Waals surface area contributed by atoms with Crippen LogP contribution in [0.1, 0.15) is 12.8 Å². The summed E-state index contributed by atoms with van der Waals surface area (Å²) in [4.78, 5) is 11.2. The first kappa shape index (κ1) is 17.6. The highest BCUT2D eigenvalue weighted by Crippen LogP contribution is 2.29. The van der Waals surface area contributed by atoms with Crippen LogP contribution in [0.15, 0.2) is 60.9 Å². The van der Waals surface area contributed by atoms with Gasteiger partial charge in [-0.25, -0.2) is 9.37 Å². The van der Waals surface area contributed by atoms with Crippen LogP contribution in [0, 0.1) is 5.82 Å². The summed E-state index contributed by atoms with van der Waals surface area (Å²) in [5.41, 5.74) is 2.43. The van der Waals surface area contributed by atoms with Gasteiger partial charge in [-0.05, 0) is 38.1 Å². The van der Waals surface area contributed by atoms with Gasteiger partial charge in [0.2, 0.25) is 0 Å². The van der Waals surface area contributed by atoms with Crippen molar-refractivity contribution in [1.82, 2.24) is 14.9 Å². The maximum absolute atomic E-state index is 15.1. The van der Waals surface area contributed by atoms with Crippen molar-refractivity contribution in [2.24, 2.45) is 0 Å². The van der Waals surface area contributed by atoms with Crippen LogP contribution in [-0.2, 0) is 0 Å². The molecule has 2 heterocycles. The lowest BCUT2D eigenvalue weighted by Gasteiger charge is -2.30. The number of hydrogen-bond acceptors (Lipinski definition) is 4. The molecule has 3 aromatic rings. The Hall–Kier alpha value is -2.79. The van der Waals surface area contributed by atoms with Crippen LogP contribution in [0.25, 0.3) is 22.4 Å². The summed E-state index contributed by atoms with van der Waals surface area (Å²) in [6, 6.07) is 15.3. The van der Waals surface area contributed by atoms with E-state index in [4.69, 9.17) is 0 Å². The van der Waals surface area contributed by atoms with E-state index in [-0.39, 0.29) is 5.82 Å². The fourth-order valence-electron chi connectivity index (χ4n) is 3.61. The molecule has 2 aromatic carbocycles. The second kappa shape index (κ2) is 7.84. The number of nitrogens with one attached hydrogen (secondary N) is 1. The van der Waals surface area contributed by atoms with Crippen LogP contribution < -0.4 is 5.32 Å². The summed E-state index contributed by atoms with van der Waals surface area (Å²) in [7, 11) is 2.13. The molecule has 0 bridgehead atoms. The number of hydrogen-bond donors (Lipinski definition) is 1. The van der Waals surface area contributed by atoms with Gasteiger partial charge < -0.3 is 10.2 Å². The van der Waals surface area contributed by atoms with Crippen LogP contribution >= 0.6 is 0 Å². The van der Waals surface area contributed by atoms with E-state index in [2.05, 4.69) is 27.2 Å². The first-order chi connectivity index (χ1) is 13.2. The lowest BCUT2D eigenvalue weighted by molar-refractivity contribution is 0.260. The third-order valence-corrected chi connectivity index (χ3v) is 4.99. The topological polar surface area (TPSA) is 41.0 Å². The summed E-state index contributed by atoms with van der Waals surface area (Å²) in [5, 5.41) is 3.43. The monoisotopic (exact) mass is 362 g/mol. The van der Waals surface area contributed by atoms with E-state index >= 15 is 4.39 Å². The Morgan fingerprint density at radius 1 is 1.00 bits per heavy atom. The number of nitrogens with zero attached hydrogens (tertiary/aromatic N) is 3. The Morgan fingerprint density at radius 3 is 2.56 bits per heavy atom. The number of piperidine rings is 1. The Kier molecular flexibility index (Phi) is 5.12. The molecule has 0 amide bonds. The van der Waals surface area contributed by atoms with E-state index in [0.717, 1.165) is 30.9 Å². The van der Waals surface area contributed by atoms with Gasteiger partial charge in [0.1, 0.15) is 11.6 Å². The predicted molar refractivity (Wildman–Crippen MR) is 107 cm³/mol. The van der Waals surface area contributed by atoms with Gasteiger partial charge in [-0.2, -0.15) is 0 Å². The van der Waals surface area contributed by atoms with Gasteiger partial charge in [0.15, 0.2) is 0 Å². The molecule has 0 radical (unpaired) electrons. The quantitative estimate of drug-likeness (QED) is 0.744. The Morgan fingerprint density at radius 2 is 1.81 bits per heavy atom. The number of benzene rings is 2. The molecule has 27 heavy (non-hydrogen) atoms. The van der Waals surface area contributed by atoms with Crippen molar-refractivity contribution in [2.75, 3.05) is 25.5 Å². The molecule has 1 fully saturated rings. The summed E-state index contributed by atoms with van der Waals surface area (Å²) in [6.45, 7) is 2.14. The van der Waals surface area contributed by atoms with Crippen molar-refractivity contribution >= 4 is 5.82 Å². The molecule has 0 saturated carbocycles. The fourth-order valence-corrected chi connectivity index (χ4v) is 3.61. The first-order valence-electron chi connectivity index (χ1n) is 9.32. The molecule has 138 valence electrons. The Balaban J connectivity index is 1.56. The largest absolute Gasteiger partial charge is 0.365 e. The summed E-state index contributed by atoms with van der Waals surface area (Å²) in [6.07, 6.45) is 5.64. The van der Waals surface area contributed by atoms with Gasteiger partial charge in [0.05, 0.1) is 18.1 Å². The summed E-state index contributed by atoms with van der Waals surface area (Å²) in [5.74, 6) is 0.464.